The monoisotopic (exact) mass is 240 g/mol. The summed E-state index contributed by atoms with van der Waals surface area (Å²) >= 11 is 0. The minimum atomic E-state index is -1.02. The van der Waals surface area contributed by atoms with Gasteiger partial charge < -0.3 is 14.6 Å². The molecule has 0 radical (unpaired) electrons. The van der Waals surface area contributed by atoms with E-state index in [4.69, 9.17) is 14.6 Å². The molecule has 0 aliphatic carbocycles. The Hall–Kier alpha value is -1.56. The molecule has 0 saturated carbocycles. The molecule has 1 N–H and O–H groups in total. The zero-order valence-electron chi connectivity index (χ0n) is 9.76. The maximum atomic E-state index is 11.1. The molecule has 2 heterocycles. The van der Waals surface area contributed by atoms with Gasteiger partial charge in [-0.1, -0.05) is 0 Å². The van der Waals surface area contributed by atoms with E-state index in [9.17, 15) is 4.79 Å². The van der Waals surface area contributed by atoms with E-state index in [1.165, 1.54) is 18.0 Å². The van der Waals surface area contributed by atoms with Crippen molar-refractivity contribution in [1.82, 2.24) is 9.78 Å². The van der Waals surface area contributed by atoms with Crippen LogP contribution in [0.2, 0.25) is 0 Å². The van der Waals surface area contributed by atoms with Gasteiger partial charge in [0.2, 0.25) is 0 Å². The molecule has 0 spiro atoms. The maximum absolute atomic E-state index is 11.1. The Balaban J connectivity index is 2.14. The Morgan fingerprint density at radius 3 is 3.18 bits per heavy atom. The third-order valence-electron chi connectivity index (χ3n) is 2.91. The quantitative estimate of drug-likeness (QED) is 0.850. The van der Waals surface area contributed by atoms with Crippen LogP contribution in [0, 0.1) is 5.92 Å². The number of aromatic carboxylic acids is 1. The molecular formula is C11H16N2O4. The molecule has 0 amide bonds. The summed E-state index contributed by atoms with van der Waals surface area (Å²) in [5.74, 6) is -0.392. The Labute approximate surface area is 99.1 Å². The number of nitrogens with zero attached hydrogens (tertiary/aromatic N) is 2. The smallest absolute Gasteiger partial charge is 0.358 e. The van der Waals surface area contributed by atoms with Gasteiger partial charge in [-0.25, -0.2) is 4.79 Å². The number of rotatable bonds is 4. The van der Waals surface area contributed by atoms with E-state index < -0.39 is 5.97 Å². The van der Waals surface area contributed by atoms with Crippen LogP contribution in [0.5, 0.6) is 5.75 Å². The van der Waals surface area contributed by atoms with E-state index in [0.29, 0.717) is 24.8 Å². The van der Waals surface area contributed by atoms with Crippen LogP contribution in [0.25, 0.3) is 0 Å². The number of aromatic nitrogens is 2. The minimum absolute atomic E-state index is 0.109. The number of methoxy groups -OCH3 is 1. The third-order valence-corrected chi connectivity index (χ3v) is 2.91. The number of carboxylic acid groups (broad SMARTS) is 1. The molecule has 1 atom stereocenters. The van der Waals surface area contributed by atoms with Crippen molar-refractivity contribution < 1.29 is 19.4 Å². The summed E-state index contributed by atoms with van der Waals surface area (Å²) in [4.78, 5) is 11.1. The van der Waals surface area contributed by atoms with Crippen molar-refractivity contribution in [3.8, 4) is 5.75 Å². The summed E-state index contributed by atoms with van der Waals surface area (Å²) in [6.07, 6.45) is 3.50. The number of carboxylic acids is 1. The molecule has 0 aromatic carbocycles. The first-order valence-corrected chi connectivity index (χ1v) is 5.63. The van der Waals surface area contributed by atoms with Crippen LogP contribution in [0.3, 0.4) is 0 Å². The van der Waals surface area contributed by atoms with Gasteiger partial charge in [0.25, 0.3) is 0 Å². The molecule has 2 rings (SSSR count). The molecule has 0 bridgehead atoms. The van der Waals surface area contributed by atoms with Crippen molar-refractivity contribution in [2.75, 3.05) is 20.3 Å². The molecule has 1 aromatic rings. The first-order valence-electron chi connectivity index (χ1n) is 5.63. The Bertz CT molecular complexity index is 396. The van der Waals surface area contributed by atoms with Gasteiger partial charge >= 0.3 is 5.97 Å². The molecule has 6 nitrogen and oxygen atoms in total. The standard InChI is InChI=1S/C11H16N2O4/c1-16-9-5-12-13(10(9)11(14)15)6-8-3-2-4-17-7-8/h5,8H,2-4,6-7H2,1H3,(H,14,15). The Morgan fingerprint density at radius 2 is 2.59 bits per heavy atom. The van der Waals surface area contributed by atoms with Crippen LogP contribution in [0.15, 0.2) is 6.20 Å². The molecule has 17 heavy (non-hydrogen) atoms. The fourth-order valence-corrected chi connectivity index (χ4v) is 2.07. The van der Waals surface area contributed by atoms with Gasteiger partial charge in [-0.2, -0.15) is 5.10 Å². The fourth-order valence-electron chi connectivity index (χ4n) is 2.07. The first-order chi connectivity index (χ1) is 8.22. The lowest BCUT2D eigenvalue weighted by Gasteiger charge is -2.22. The van der Waals surface area contributed by atoms with E-state index in [1.54, 1.807) is 0 Å². The second kappa shape index (κ2) is 5.18. The Kier molecular flexibility index (Phi) is 3.63. The highest BCUT2D eigenvalue weighted by Gasteiger charge is 2.22. The summed E-state index contributed by atoms with van der Waals surface area (Å²) in [6.45, 7) is 2.02. The molecule has 1 aromatic heterocycles. The van der Waals surface area contributed by atoms with Crippen LogP contribution in [-0.2, 0) is 11.3 Å². The van der Waals surface area contributed by atoms with Gasteiger partial charge in [-0.3, -0.25) is 4.68 Å². The highest BCUT2D eigenvalue weighted by molar-refractivity contribution is 5.88. The highest BCUT2D eigenvalue weighted by atomic mass is 16.5. The SMILES string of the molecule is COc1cnn(CC2CCCOC2)c1C(=O)O. The number of carbonyl (C=O) groups is 1. The van der Waals surface area contributed by atoms with E-state index in [0.717, 1.165) is 19.4 Å². The summed E-state index contributed by atoms with van der Waals surface area (Å²) in [5.41, 5.74) is 0.109. The van der Waals surface area contributed by atoms with Crippen molar-refractivity contribution in [2.45, 2.75) is 19.4 Å². The summed E-state index contributed by atoms with van der Waals surface area (Å²) in [6, 6.07) is 0. The lowest BCUT2D eigenvalue weighted by molar-refractivity contribution is 0.0454. The van der Waals surface area contributed by atoms with Gasteiger partial charge in [-0.15, -0.1) is 0 Å². The van der Waals surface area contributed by atoms with Gasteiger partial charge in [0.1, 0.15) is 0 Å². The zero-order chi connectivity index (χ0) is 12.3. The Morgan fingerprint density at radius 1 is 1.76 bits per heavy atom. The number of hydrogen-bond donors (Lipinski definition) is 1. The molecule has 1 fully saturated rings. The molecular weight excluding hydrogens is 224 g/mol. The van der Waals surface area contributed by atoms with Crippen LogP contribution >= 0.6 is 0 Å². The van der Waals surface area contributed by atoms with Crippen LogP contribution < -0.4 is 4.74 Å². The van der Waals surface area contributed by atoms with Gasteiger partial charge in [0, 0.05) is 19.1 Å². The zero-order valence-corrected chi connectivity index (χ0v) is 9.76. The van der Waals surface area contributed by atoms with Crippen molar-refractivity contribution in [2.24, 2.45) is 5.92 Å². The lowest BCUT2D eigenvalue weighted by atomic mass is 10.0. The largest absolute Gasteiger partial charge is 0.493 e. The molecule has 1 aliphatic heterocycles. The molecule has 6 heteroatoms. The molecule has 1 unspecified atom stereocenters. The third kappa shape index (κ3) is 2.58. The summed E-state index contributed by atoms with van der Waals surface area (Å²) in [7, 11) is 1.44. The van der Waals surface area contributed by atoms with Crippen LogP contribution in [-0.4, -0.2) is 41.2 Å². The normalized spacial score (nSPS) is 20.2. The second-order valence-corrected chi connectivity index (χ2v) is 4.13. The van der Waals surface area contributed by atoms with E-state index in [1.807, 2.05) is 0 Å². The van der Waals surface area contributed by atoms with Crippen molar-refractivity contribution in [3.05, 3.63) is 11.9 Å². The van der Waals surface area contributed by atoms with E-state index in [-0.39, 0.29) is 5.69 Å². The van der Waals surface area contributed by atoms with Crippen molar-refractivity contribution in [1.29, 1.82) is 0 Å². The van der Waals surface area contributed by atoms with Crippen LogP contribution in [0.1, 0.15) is 23.3 Å². The molecule has 1 saturated heterocycles. The minimum Gasteiger partial charge on any atom is -0.493 e. The summed E-state index contributed by atoms with van der Waals surface area (Å²) < 4.78 is 11.8. The first kappa shape index (κ1) is 11.9. The fraction of sp³-hybridized carbons (Fsp3) is 0.636. The average molecular weight is 240 g/mol. The average Bonchev–Trinajstić information content (AvgIpc) is 2.73. The molecule has 1 aliphatic rings. The van der Waals surface area contributed by atoms with E-state index >= 15 is 0 Å². The van der Waals surface area contributed by atoms with Gasteiger partial charge in [-0.05, 0) is 12.8 Å². The maximum Gasteiger partial charge on any atom is 0.358 e. The van der Waals surface area contributed by atoms with Gasteiger partial charge in [0.15, 0.2) is 11.4 Å². The van der Waals surface area contributed by atoms with Crippen LogP contribution in [0.4, 0.5) is 0 Å². The topological polar surface area (TPSA) is 73.6 Å². The molecule has 94 valence electrons. The van der Waals surface area contributed by atoms with Crippen molar-refractivity contribution in [3.63, 3.8) is 0 Å². The number of hydrogen-bond acceptors (Lipinski definition) is 4. The predicted molar refractivity (Wildman–Crippen MR) is 59.3 cm³/mol. The van der Waals surface area contributed by atoms with Gasteiger partial charge in [0.05, 0.1) is 19.9 Å². The number of ether oxygens (including phenoxy) is 2. The second-order valence-electron chi connectivity index (χ2n) is 4.13. The summed E-state index contributed by atoms with van der Waals surface area (Å²) in [5, 5.41) is 13.2. The van der Waals surface area contributed by atoms with E-state index in [2.05, 4.69) is 5.10 Å². The highest BCUT2D eigenvalue weighted by Crippen LogP contribution is 2.21. The van der Waals surface area contributed by atoms with Crippen molar-refractivity contribution >= 4 is 5.97 Å². The predicted octanol–water partition coefficient (Wildman–Crippen LogP) is 1.02. The lowest BCUT2D eigenvalue weighted by Crippen LogP contribution is -2.24.